The molecule has 3 aromatic carbocycles. The number of carbonyl (C=O) groups excluding carboxylic acids is 1. The van der Waals surface area contributed by atoms with E-state index in [4.69, 9.17) is 17.0 Å². The lowest BCUT2D eigenvalue weighted by Crippen LogP contribution is -2.32. The molecule has 0 saturated carbocycles. The molecule has 1 amide bonds. The van der Waals surface area contributed by atoms with Gasteiger partial charge in [0, 0.05) is 6.54 Å². The lowest BCUT2D eigenvalue weighted by atomic mass is 9.98. The van der Waals surface area contributed by atoms with Crippen molar-refractivity contribution in [3.63, 3.8) is 0 Å². The monoisotopic (exact) mass is 503 g/mol. The summed E-state index contributed by atoms with van der Waals surface area (Å²) in [6.45, 7) is 0.504. The number of amides is 1. The number of hydrogen-bond acceptors (Lipinski definition) is 4. The van der Waals surface area contributed by atoms with Crippen molar-refractivity contribution in [3.05, 3.63) is 89.7 Å². The van der Waals surface area contributed by atoms with E-state index < -0.39 is 17.9 Å². The van der Waals surface area contributed by atoms with E-state index in [9.17, 15) is 14.7 Å². The average Bonchev–Trinajstić information content (AvgIpc) is 3.34. The van der Waals surface area contributed by atoms with Crippen LogP contribution in [0.4, 0.5) is 0 Å². The normalized spacial score (nSPS) is 11.7. The van der Waals surface area contributed by atoms with E-state index in [2.05, 4.69) is 20.6 Å². The number of imidazole rings is 1. The summed E-state index contributed by atoms with van der Waals surface area (Å²) < 4.78 is 0. The van der Waals surface area contributed by atoms with Crippen molar-refractivity contribution in [2.24, 2.45) is 0 Å². The third kappa shape index (κ3) is 5.90. The van der Waals surface area contributed by atoms with Gasteiger partial charge in [0.2, 0.25) is 0 Å². The van der Waals surface area contributed by atoms with Crippen LogP contribution in [-0.2, 0) is 0 Å². The summed E-state index contributed by atoms with van der Waals surface area (Å²) in [7, 11) is 0. The predicted octanol–water partition coefficient (Wildman–Crippen LogP) is 4.99. The second-order valence-electron chi connectivity index (χ2n) is 8.28. The number of rotatable bonds is 10. The Morgan fingerprint density at radius 3 is 2.47 bits per heavy atom. The van der Waals surface area contributed by atoms with Crippen LogP contribution in [-0.4, -0.2) is 45.2 Å². The van der Waals surface area contributed by atoms with Crippen molar-refractivity contribution in [2.75, 3.05) is 12.4 Å². The number of carboxylic acid groups (broad SMARTS) is 1. The highest BCUT2D eigenvalue weighted by Gasteiger charge is 2.23. The van der Waals surface area contributed by atoms with Gasteiger partial charge in [-0.1, -0.05) is 48.5 Å². The summed E-state index contributed by atoms with van der Waals surface area (Å²) in [5.74, 6) is -0.776. The fourth-order valence-electron chi connectivity index (χ4n) is 3.97. The number of aromatic nitrogens is 2. The average molecular weight is 504 g/mol. The molecule has 1 atom stereocenters. The number of aromatic carboxylic acids is 1. The second kappa shape index (κ2) is 11.5. The van der Waals surface area contributed by atoms with Crippen molar-refractivity contribution >= 4 is 40.3 Å². The molecule has 0 unspecified atom stereocenters. The standard InChI is InChI=1S/C27H26ClN5O3/c28-16-24(29)30-14-6-11-23(25-31-21-9-4-5-10-22(21)32-25)33-26(34)19-13-12-18(15-20(19)27(35)36)17-7-2-1-3-8-17/h1-5,7-10,12-13,15,23H,6,11,14,16H2,(H2,29,30)(H,31,32)(H,33,34)(H,35,36)/t23-/m0/s1. The molecule has 1 aromatic heterocycles. The molecule has 4 aromatic rings. The highest BCUT2D eigenvalue weighted by Crippen LogP contribution is 2.25. The first-order chi connectivity index (χ1) is 17.5. The molecule has 36 heavy (non-hydrogen) atoms. The number of fused-ring (bicyclic) bond motifs is 1. The molecule has 0 spiro atoms. The van der Waals surface area contributed by atoms with Gasteiger partial charge in [-0.2, -0.15) is 0 Å². The zero-order valence-electron chi connectivity index (χ0n) is 19.4. The summed E-state index contributed by atoms with van der Waals surface area (Å²) in [5.41, 5.74) is 3.19. The lowest BCUT2D eigenvalue weighted by molar-refractivity contribution is 0.0690. The number of hydrogen-bond donors (Lipinski definition) is 5. The molecule has 184 valence electrons. The maximum atomic E-state index is 13.3. The van der Waals surface area contributed by atoms with Gasteiger partial charge >= 0.3 is 5.97 Å². The van der Waals surface area contributed by atoms with Crippen LogP contribution in [0.5, 0.6) is 0 Å². The second-order valence-corrected chi connectivity index (χ2v) is 8.55. The molecule has 0 bridgehead atoms. The maximum Gasteiger partial charge on any atom is 0.336 e. The largest absolute Gasteiger partial charge is 0.478 e. The molecule has 9 heteroatoms. The fraction of sp³-hybridized carbons (Fsp3) is 0.185. The van der Waals surface area contributed by atoms with Crippen LogP contribution < -0.4 is 10.6 Å². The van der Waals surface area contributed by atoms with Crippen LogP contribution in [0.3, 0.4) is 0 Å². The highest BCUT2D eigenvalue weighted by molar-refractivity contribution is 6.27. The van der Waals surface area contributed by atoms with Crippen molar-refractivity contribution < 1.29 is 14.7 Å². The van der Waals surface area contributed by atoms with E-state index in [0.717, 1.165) is 16.6 Å². The minimum atomic E-state index is -1.18. The van der Waals surface area contributed by atoms with Gasteiger partial charge in [-0.05, 0) is 48.2 Å². The van der Waals surface area contributed by atoms with Crippen LogP contribution in [0.1, 0.15) is 45.4 Å². The van der Waals surface area contributed by atoms with Crippen molar-refractivity contribution in [2.45, 2.75) is 18.9 Å². The first-order valence-corrected chi connectivity index (χ1v) is 12.0. The Morgan fingerprint density at radius 1 is 1.00 bits per heavy atom. The Kier molecular flexibility index (Phi) is 7.97. The van der Waals surface area contributed by atoms with E-state index in [-0.39, 0.29) is 22.8 Å². The molecule has 4 rings (SSSR count). The van der Waals surface area contributed by atoms with Crippen molar-refractivity contribution in [1.29, 1.82) is 5.41 Å². The molecule has 0 saturated heterocycles. The first kappa shape index (κ1) is 24.9. The number of carboxylic acids is 1. The molecule has 0 fully saturated rings. The van der Waals surface area contributed by atoms with E-state index >= 15 is 0 Å². The van der Waals surface area contributed by atoms with Gasteiger partial charge in [0.15, 0.2) is 0 Å². The summed E-state index contributed by atoms with van der Waals surface area (Å²) >= 11 is 5.65. The smallest absolute Gasteiger partial charge is 0.336 e. The molecule has 8 nitrogen and oxygen atoms in total. The minimum Gasteiger partial charge on any atom is -0.478 e. The number of amidine groups is 1. The summed E-state index contributed by atoms with van der Waals surface area (Å²) in [6.07, 6.45) is 1.14. The number of nitrogens with zero attached hydrogens (tertiary/aromatic N) is 1. The van der Waals surface area contributed by atoms with Crippen LogP contribution in [0, 0.1) is 5.41 Å². The van der Waals surface area contributed by atoms with Crippen LogP contribution >= 0.6 is 11.6 Å². The number of aromatic amines is 1. The number of alkyl halides is 1. The van der Waals surface area contributed by atoms with Gasteiger partial charge < -0.3 is 20.7 Å². The van der Waals surface area contributed by atoms with Gasteiger partial charge in [0.1, 0.15) is 11.7 Å². The van der Waals surface area contributed by atoms with E-state index in [0.29, 0.717) is 30.8 Å². The highest BCUT2D eigenvalue weighted by atomic mass is 35.5. The van der Waals surface area contributed by atoms with Gasteiger partial charge in [-0.25, -0.2) is 9.78 Å². The molecular weight excluding hydrogens is 478 g/mol. The molecule has 0 aliphatic heterocycles. The number of carbonyl (C=O) groups is 2. The molecule has 0 radical (unpaired) electrons. The number of nitrogens with one attached hydrogen (secondary N) is 4. The fourth-order valence-corrected chi connectivity index (χ4v) is 4.07. The molecule has 0 aliphatic rings. The Bertz CT molecular complexity index is 1350. The van der Waals surface area contributed by atoms with Crippen LogP contribution in [0.15, 0.2) is 72.8 Å². The SMILES string of the molecule is N=C(CCl)NCCC[C@H](NC(=O)c1ccc(-c2ccccc2)cc1C(=O)O)c1nc2ccccc2[nH]1. The van der Waals surface area contributed by atoms with E-state index in [1.165, 1.54) is 6.07 Å². The number of halogens is 1. The summed E-state index contributed by atoms with van der Waals surface area (Å²) in [6, 6.07) is 21.3. The zero-order chi connectivity index (χ0) is 25.5. The number of H-pyrrole nitrogens is 1. The third-order valence-corrected chi connectivity index (χ3v) is 6.05. The van der Waals surface area contributed by atoms with E-state index in [1.807, 2.05) is 54.6 Å². The Hall–Kier alpha value is -4.17. The number of benzene rings is 3. The molecule has 0 aliphatic carbocycles. The quantitative estimate of drug-likeness (QED) is 0.0900. The van der Waals surface area contributed by atoms with Crippen LogP contribution in [0.2, 0.25) is 0 Å². The number of para-hydroxylation sites is 2. The molecular formula is C27H26ClN5O3. The predicted molar refractivity (Wildman–Crippen MR) is 141 cm³/mol. The lowest BCUT2D eigenvalue weighted by Gasteiger charge is -2.18. The van der Waals surface area contributed by atoms with Gasteiger partial charge in [0.05, 0.1) is 34.1 Å². The van der Waals surface area contributed by atoms with E-state index in [1.54, 1.807) is 12.1 Å². The summed E-state index contributed by atoms with van der Waals surface area (Å²) in [5, 5.41) is 23.4. The van der Waals surface area contributed by atoms with Gasteiger partial charge in [0.25, 0.3) is 5.91 Å². The first-order valence-electron chi connectivity index (χ1n) is 11.5. The van der Waals surface area contributed by atoms with Gasteiger partial charge in [-0.3, -0.25) is 10.2 Å². The van der Waals surface area contributed by atoms with Crippen molar-refractivity contribution in [3.8, 4) is 11.1 Å². The van der Waals surface area contributed by atoms with Gasteiger partial charge in [-0.15, -0.1) is 11.6 Å². The van der Waals surface area contributed by atoms with Crippen LogP contribution in [0.25, 0.3) is 22.2 Å². The minimum absolute atomic E-state index is 0.0744. The Morgan fingerprint density at radius 2 is 1.75 bits per heavy atom. The Balaban J connectivity index is 1.59. The third-order valence-electron chi connectivity index (χ3n) is 5.79. The molecule has 1 heterocycles. The Labute approximate surface area is 213 Å². The summed E-state index contributed by atoms with van der Waals surface area (Å²) in [4.78, 5) is 33.3. The van der Waals surface area contributed by atoms with Crippen molar-refractivity contribution in [1.82, 2.24) is 20.6 Å². The molecule has 5 N–H and O–H groups in total. The maximum absolute atomic E-state index is 13.3. The zero-order valence-corrected chi connectivity index (χ0v) is 20.2. The topological polar surface area (TPSA) is 131 Å².